The molecule has 5 heteroatoms. The SMILES string of the molecule is Cc1cc(S(=O)(=O)CC(C)CCl)c2ccccc2n1. The van der Waals surface area contributed by atoms with Crippen molar-refractivity contribution in [3.8, 4) is 0 Å². The third-order valence-corrected chi connectivity index (χ3v) is 5.45. The van der Waals surface area contributed by atoms with Gasteiger partial charge in [0.1, 0.15) is 0 Å². The van der Waals surface area contributed by atoms with E-state index in [2.05, 4.69) is 4.98 Å². The highest BCUT2D eigenvalue weighted by atomic mass is 35.5. The number of aromatic nitrogens is 1. The van der Waals surface area contributed by atoms with Crippen LogP contribution in [0.3, 0.4) is 0 Å². The van der Waals surface area contributed by atoms with Gasteiger partial charge < -0.3 is 0 Å². The molecule has 0 fully saturated rings. The number of benzene rings is 1. The Hall–Kier alpha value is -1.13. The zero-order chi connectivity index (χ0) is 14.0. The molecule has 0 radical (unpaired) electrons. The fourth-order valence-electron chi connectivity index (χ4n) is 2.04. The van der Waals surface area contributed by atoms with Crippen LogP contribution in [0, 0.1) is 12.8 Å². The standard InChI is InChI=1S/C14H16ClNO2S/c1-10(8-15)9-19(17,18)14-7-11(2)16-13-6-4-3-5-12(13)14/h3-7,10H,8-9H2,1-2H3. The Morgan fingerprint density at radius 1 is 1.32 bits per heavy atom. The second-order valence-corrected chi connectivity index (χ2v) is 7.13. The van der Waals surface area contributed by atoms with Gasteiger partial charge >= 0.3 is 0 Å². The Labute approximate surface area is 118 Å². The molecule has 0 saturated carbocycles. The number of aryl methyl sites for hydroxylation is 1. The Morgan fingerprint density at radius 3 is 2.68 bits per heavy atom. The molecule has 0 aliphatic heterocycles. The molecule has 1 atom stereocenters. The molecule has 0 amide bonds. The quantitative estimate of drug-likeness (QED) is 0.814. The van der Waals surface area contributed by atoms with Gasteiger partial charge in [-0.1, -0.05) is 25.1 Å². The maximum atomic E-state index is 12.5. The zero-order valence-electron chi connectivity index (χ0n) is 10.9. The summed E-state index contributed by atoms with van der Waals surface area (Å²) in [6, 6.07) is 8.93. The van der Waals surface area contributed by atoms with Gasteiger partial charge in [-0.05, 0) is 25.0 Å². The van der Waals surface area contributed by atoms with E-state index in [1.165, 1.54) is 0 Å². The van der Waals surface area contributed by atoms with Gasteiger partial charge in [0.2, 0.25) is 0 Å². The molecular weight excluding hydrogens is 282 g/mol. The Balaban J connectivity index is 2.61. The lowest BCUT2D eigenvalue weighted by Crippen LogP contribution is -2.16. The molecule has 1 aromatic carbocycles. The van der Waals surface area contributed by atoms with Gasteiger partial charge in [0.05, 0.1) is 16.2 Å². The fourth-order valence-corrected chi connectivity index (χ4v) is 4.18. The number of hydrogen-bond acceptors (Lipinski definition) is 3. The summed E-state index contributed by atoms with van der Waals surface area (Å²) in [6.07, 6.45) is 0. The number of fused-ring (bicyclic) bond motifs is 1. The van der Waals surface area contributed by atoms with Crippen molar-refractivity contribution in [1.29, 1.82) is 0 Å². The Morgan fingerprint density at radius 2 is 2.00 bits per heavy atom. The molecular formula is C14H16ClNO2S. The van der Waals surface area contributed by atoms with E-state index in [-0.39, 0.29) is 11.7 Å². The summed E-state index contributed by atoms with van der Waals surface area (Å²) < 4.78 is 25.0. The van der Waals surface area contributed by atoms with E-state index in [1.807, 2.05) is 25.1 Å². The minimum Gasteiger partial charge on any atom is -0.253 e. The lowest BCUT2D eigenvalue weighted by molar-refractivity contribution is 0.584. The van der Waals surface area contributed by atoms with Crippen LogP contribution in [0.2, 0.25) is 0 Å². The first kappa shape index (κ1) is 14.3. The van der Waals surface area contributed by atoms with Crippen molar-refractivity contribution < 1.29 is 8.42 Å². The maximum Gasteiger partial charge on any atom is 0.179 e. The molecule has 1 unspecified atom stereocenters. The minimum absolute atomic E-state index is 0.0595. The normalized spacial score (nSPS) is 13.6. The molecule has 0 spiro atoms. The summed E-state index contributed by atoms with van der Waals surface area (Å²) in [4.78, 5) is 4.71. The van der Waals surface area contributed by atoms with E-state index in [0.717, 1.165) is 0 Å². The lowest BCUT2D eigenvalue weighted by Gasteiger charge is -2.11. The first-order valence-corrected chi connectivity index (χ1v) is 8.28. The van der Waals surface area contributed by atoms with Gasteiger partial charge in [-0.3, -0.25) is 4.98 Å². The number of halogens is 1. The molecule has 0 saturated heterocycles. The molecule has 0 bridgehead atoms. The van der Waals surface area contributed by atoms with E-state index < -0.39 is 9.84 Å². The van der Waals surface area contributed by atoms with Crippen molar-refractivity contribution in [2.75, 3.05) is 11.6 Å². The van der Waals surface area contributed by atoms with Crippen molar-refractivity contribution in [2.45, 2.75) is 18.7 Å². The van der Waals surface area contributed by atoms with Gasteiger partial charge in [0.15, 0.2) is 9.84 Å². The molecule has 1 aromatic heterocycles. The summed E-state index contributed by atoms with van der Waals surface area (Å²) >= 11 is 5.72. The highest BCUT2D eigenvalue weighted by molar-refractivity contribution is 7.91. The summed E-state index contributed by atoms with van der Waals surface area (Å²) in [5.74, 6) is 0.324. The van der Waals surface area contributed by atoms with Crippen molar-refractivity contribution in [2.24, 2.45) is 5.92 Å². The minimum atomic E-state index is -3.35. The highest BCUT2D eigenvalue weighted by Gasteiger charge is 2.21. The molecule has 19 heavy (non-hydrogen) atoms. The van der Waals surface area contributed by atoms with Crippen LogP contribution in [0.1, 0.15) is 12.6 Å². The third-order valence-electron chi connectivity index (χ3n) is 2.91. The van der Waals surface area contributed by atoms with Crippen LogP contribution in [0.15, 0.2) is 35.2 Å². The lowest BCUT2D eigenvalue weighted by atomic mass is 10.2. The molecule has 1 heterocycles. The van der Waals surface area contributed by atoms with Crippen LogP contribution in [0.25, 0.3) is 10.9 Å². The second-order valence-electron chi connectivity index (χ2n) is 4.82. The van der Waals surface area contributed by atoms with Gasteiger partial charge in [-0.15, -0.1) is 11.6 Å². The van der Waals surface area contributed by atoms with Crippen LogP contribution in [-0.4, -0.2) is 25.0 Å². The average molecular weight is 298 g/mol. The summed E-state index contributed by atoms with van der Waals surface area (Å²) in [6.45, 7) is 3.64. The number of rotatable bonds is 4. The van der Waals surface area contributed by atoms with Crippen LogP contribution >= 0.6 is 11.6 Å². The van der Waals surface area contributed by atoms with Crippen LogP contribution < -0.4 is 0 Å². The largest absolute Gasteiger partial charge is 0.253 e. The van der Waals surface area contributed by atoms with Crippen molar-refractivity contribution in [1.82, 2.24) is 4.98 Å². The Kier molecular flexibility index (Phi) is 4.11. The molecule has 3 nitrogen and oxygen atoms in total. The van der Waals surface area contributed by atoms with Crippen molar-refractivity contribution in [3.63, 3.8) is 0 Å². The smallest absolute Gasteiger partial charge is 0.179 e. The third kappa shape index (κ3) is 3.07. The average Bonchev–Trinajstić information content (AvgIpc) is 2.37. The molecule has 0 aliphatic rings. The number of sulfone groups is 1. The first-order valence-electron chi connectivity index (χ1n) is 6.09. The fraction of sp³-hybridized carbons (Fsp3) is 0.357. The maximum absolute atomic E-state index is 12.5. The molecule has 2 rings (SSSR count). The van der Waals surface area contributed by atoms with E-state index in [0.29, 0.717) is 27.4 Å². The van der Waals surface area contributed by atoms with Crippen LogP contribution in [-0.2, 0) is 9.84 Å². The predicted molar refractivity (Wildman–Crippen MR) is 78.4 cm³/mol. The molecule has 2 aromatic rings. The first-order chi connectivity index (χ1) is 8.94. The topological polar surface area (TPSA) is 47.0 Å². The van der Waals surface area contributed by atoms with Gasteiger partial charge in [0, 0.05) is 17.0 Å². The van der Waals surface area contributed by atoms with Gasteiger partial charge in [0.25, 0.3) is 0 Å². The Bertz CT molecular complexity index is 698. The van der Waals surface area contributed by atoms with Crippen molar-refractivity contribution in [3.05, 3.63) is 36.0 Å². The molecule has 0 N–H and O–H groups in total. The number of nitrogens with zero attached hydrogens (tertiary/aromatic N) is 1. The van der Waals surface area contributed by atoms with Crippen LogP contribution in [0.4, 0.5) is 0 Å². The number of alkyl halides is 1. The van der Waals surface area contributed by atoms with Crippen LogP contribution in [0.5, 0.6) is 0 Å². The molecule has 102 valence electrons. The van der Waals surface area contributed by atoms with E-state index in [9.17, 15) is 8.42 Å². The van der Waals surface area contributed by atoms with E-state index in [4.69, 9.17) is 11.6 Å². The summed E-state index contributed by atoms with van der Waals surface area (Å²) in [7, 11) is -3.35. The second kappa shape index (κ2) is 5.47. The van der Waals surface area contributed by atoms with E-state index >= 15 is 0 Å². The highest BCUT2D eigenvalue weighted by Crippen LogP contribution is 2.25. The van der Waals surface area contributed by atoms with E-state index in [1.54, 1.807) is 19.1 Å². The van der Waals surface area contributed by atoms with Gasteiger partial charge in [-0.2, -0.15) is 0 Å². The van der Waals surface area contributed by atoms with Gasteiger partial charge in [-0.25, -0.2) is 8.42 Å². The summed E-state index contributed by atoms with van der Waals surface area (Å²) in [5.41, 5.74) is 1.41. The number of pyridine rings is 1. The predicted octanol–water partition coefficient (Wildman–Crippen LogP) is 3.19. The monoisotopic (exact) mass is 297 g/mol. The summed E-state index contributed by atoms with van der Waals surface area (Å²) in [5, 5.41) is 0.676. The number of hydrogen-bond donors (Lipinski definition) is 0. The molecule has 0 aliphatic carbocycles. The number of para-hydroxylation sites is 1. The van der Waals surface area contributed by atoms with Crippen molar-refractivity contribution >= 4 is 32.3 Å². The zero-order valence-corrected chi connectivity index (χ0v) is 12.5.